The molecule has 3 rings (SSSR count). The van der Waals surface area contributed by atoms with Crippen LogP contribution < -0.4 is 14.2 Å². The largest absolute Gasteiger partial charge is 0.504 e. The Balaban J connectivity index is 1.91. The van der Waals surface area contributed by atoms with Crippen molar-refractivity contribution in [3.05, 3.63) is 29.1 Å². The lowest BCUT2D eigenvalue weighted by atomic mass is 10.1. The zero-order valence-electron chi connectivity index (χ0n) is 13.9. The van der Waals surface area contributed by atoms with Gasteiger partial charge in [-0.3, -0.25) is 9.52 Å². The number of fused-ring (bicyclic) bond motifs is 1. The number of aromatic hydroxyl groups is 1. The molecule has 0 saturated heterocycles. The third-order valence-corrected chi connectivity index (χ3v) is 6.37. The van der Waals surface area contributed by atoms with Crippen LogP contribution >= 0.6 is 11.3 Å². The van der Waals surface area contributed by atoms with Gasteiger partial charge in [0.15, 0.2) is 11.5 Å². The van der Waals surface area contributed by atoms with Gasteiger partial charge in [0.2, 0.25) is 12.5 Å². The number of ether oxygens (including phenoxy) is 3. The molecule has 0 atom stereocenters. The molecule has 1 aromatic heterocycles. The Morgan fingerprint density at radius 1 is 1.38 bits per heavy atom. The smallest absolute Gasteiger partial charge is 0.306 e. The van der Waals surface area contributed by atoms with Crippen LogP contribution in [0.2, 0.25) is 0 Å². The molecule has 0 fully saturated rings. The summed E-state index contributed by atoms with van der Waals surface area (Å²) < 4.78 is 43.0. The van der Waals surface area contributed by atoms with Gasteiger partial charge < -0.3 is 19.3 Å². The van der Waals surface area contributed by atoms with Crippen LogP contribution in [0.5, 0.6) is 17.2 Å². The van der Waals surface area contributed by atoms with E-state index < -0.39 is 16.0 Å². The fourth-order valence-electron chi connectivity index (χ4n) is 2.46. The highest BCUT2D eigenvalue weighted by Crippen LogP contribution is 2.48. The molecule has 0 amide bonds. The summed E-state index contributed by atoms with van der Waals surface area (Å²) in [6.07, 6.45) is 0.202. The molecule has 0 spiro atoms. The van der Waals surface area contributed by atoms with E-state index in [1.54, 1.807) is 18.4 Å². The molecular weight excluding hydrogens is 382 g/mol. The number of carbonyl (C=O) groups excluding carboxylic acids is 1. The number of aryl methyl sites for hydroxylation is 1. The quantitative estimate of drug-likeness (QED) is 0.543. The highest BCUT2D eigenvalue weighted by molar-refractivity contribution is 7.94. The van der Waals surface area contributed by atoms with Crippen molar-refractivity contribution in [3.8, 4) is 17.2 Å². The molecule has 2 N–H and O–H groups in total. The van der Waals surface area contributed by atoms with Gasteiger partial charge >= 0.3 is 5.97 Å². The van der Waals surface area contributed by atoms with Crippen molar-refractivity contribution in [2.75, 3.05) is 18.1 Å². The van der Waals surface area contributed by atoms with Gasteiger partial charge in [-0.15, -0.1) is 11.3 Å². The van der Waals surface area contributed by atoms with Gasteiger partial charge in [-0.2, -0.15) is 0 Å². The van der Waals surface area contributed by atoms with Gasteiger partial charge in [-0.05, 0) is 30.9 Å². The molecule has 2 aromatic rings. The second kappa shape index (κ2) is 7.42. The highest BCUT2D eigenvalue weighted by atomic mass is 32.2. The third kappa shape index (κ3) is 3.70. The molecule has 0 aliphatic carbocycles. The molecule has 1 aromatic carbocycles. The summed E-state index contributed by atoms with van der Waals surface area (Å²) >= 11 is 1.08. The Kier molecular flexibility index (Phi) is 5.23. The van der Waals surface area contributed by atoms with E-state index in [1.807, 2.05) is 0 Å². The zero-order chi connectivity index (χ0) is 18.7. The van der Waals surface area contributed by atoms with Crippen LogP contribution in [-0.2, 0) is 26.0 Å². The fraction of sp³-hybridized carbons (Fsp3) is 0.312. The number of phenols is 1. The average molecular weight is 399 g/mol. The van der Waals surface area contributed by atoms with E-state index in [9.17, 15) is 18.3 Å². The predicted octanol–water partition coefficient (Wildman–Crippen LogP) is 2.48. The van der Waals surface area contributed by atoms with Crippen molar-refractivity contribution in [1.82, 2.24) is 0 Å². The van der Waals surface area contributed by atoms with Crippen molar-refractivity contribution in [3.63, 3.8) is 0 Å². The van der Waals surface area contributed by atoms with E-state index in [-0.39, 0.29) is 53.4 Å². The summed E-state index contributed by atoms with van der Waals surface area (Å²) in [5.74, 6) is -0.427. The number of phenolic OH excluding ortho intramolecular Hbond substituents is 1. The van der Waals surface area contributed by atoms with E-state index in [1.165, 1.54) is 12.1 Å². The standard InChI is InChI=1S/C16H17NO7S2/c1-2-22-12(18)6-5-10-8-11(15-16(14(10)19)24-9-23-15)17-26(20,21)13-4-3-7-25-13/h3-4,7-8,17,19H,2,5-6,9H2,1H3. The number of nitrogens with one attached hydrogen (secondary N) is 1. The van der Waals surface area contributed by atoms with Gasteiger partial charge in [-0.25, -0.2) is 8.42 Å². The average Bonchev–Trinajstić information content (AvgIpc) is 3.28. The van der Waals surface area contributed by atoms with Crippen molar-refractivity contribution >= 4 is 33.0 Å². The number of benzene rings is 1. The van der Waals surface area contributed by atoms with Crippen LogP contribution in [-0.4, -0.2) is 32.9 Å². The molecule has 140 valence electrons. The first-order chi connectivity index (χ1) is 12.4. The SMILES string of the molecule is CCOC(=O)CCc1cc(NS(=O)(=O)c2cccs2)c2c(c1O)OCO2. The van der Waals surface area contributed by atoms with Crippen molar-refractivity contribution in [1.29, 1.82) is 0 Å². The van der Waals surface area contributed by atoms with Gasteiger partial charge in [-0.1, -0.05) is 6.07 Å². The summed E-state index contributed by atoms with van der Waals surface area (Å²) in [6.45, 7) is 1.82. The van der Waals surface area contributed by atoms with Gasteiger partial charge in [0.1, 0.15) is 4.21 Å². The first-order valence-electron chi connectivity index (χ1n) is 7.78. The number of sulfonamides is 1. The number of rotatable bonds is 7. The lowest BCUT2D eigenvalue weighted by Crippen LogP contribution is -2.12. The fourth-order valence-corrected chi connectivity index (χ4v) is 4.50. The molecule has 0 radical (unpaired) electrons. The lowest BCUT2D eigenvalue weighted by molar-refractivity contribution is -0.143. The van der Waals surface area contributed by atoms with Gasteiger partial charge in [0.05, 0.1) is 12.3 Å². The minimum absolute atomic E-state index is 0.0398. The summed E-state index contributed by atoms with van der Waals surface area (Å²) in [6, 6.07) is 4.55. The minimum atomic E-state index is -3.80. The molecular formula is C16H17NO7S2. The molecule has 1 aliphatic rings. The number of hydrogen-bond acceptors (Lipinski definition) is 8. The second-order valence-corrected chi connectivity index (χ2v) is 8.20. The van der Waals surface area contributed by atoms with Gasteiger partial charge in [0.25, 0.3) is 10.0 Å². The normalized spacial score (nSPS) is 12.8. The van der Waals surface area contributed by atoms with E-state index in [2.05, 4.69) is 4.72 Å². The molecule has 2 heterocycles. The minimum Gasteiger partial charge on any atom is -0.504 e. The predicted molar refractivity (Wildman–Crippen MR) is 94.3 cm³/mol. The maximum absolute atomic E-state index is 12.5. The number of thiophene rings is 1. The maximum atomic E-state index is 12.5. The van der Waals surface area contributed by atoms with Crippen LogP contribution in [0.25, 0.3) is 0 Å². The van der Waals surface area contributed by atoms with E-state index >= 15 is 0 Å². The Morgan fingerprint density at radius 2 is 2.15 bits per heavy atom. The lowest BCUT2D eigenvalue weighted by Gasteiger charge is -2.13. The summed E-state index contributed by atoms with van der Waals surface area (Å²) in [5, 5.41) is 12.0. The Morgan fingerprint density at radius 3 is 2.85 bits per heavy atom. The zero-order valence-corrected chi connectivity index (χ0v) is 15.5. The summed E-state index contributed by atoms with van der Waals surface area (Å²) in [5.41, 5.74) is 0.494. The highest BCUT2D eigenvalue weighted by Gasteiger charge is 2.28. The van der Waals surface area contributed by atoms with Crippen molar-refractivity contribution in [2.45, 2.75) is 24.0 Å². The van der Waals surface area contributed by atoms with E-state index in [4.69, 9.17) is 14.2 Å². The summed E-state index contributed by atoms with van der Waals surface area (Å²) in [4.78, 5) is 11.6. The van der Waals surface area contributed by atoms with Crippen LogP contribution in [0.15, 0.2) is 27.8 Å². The molecule has 0 bridgehead atoms. The monoisotopic (exact) mass is 399 g/mol. The first-order valence-corrected chi connectivity index (χ1v) is 10.1. The van der Waals surface area contributed by atoms with Crippen LogP contribution in [0, 0.1) is 0 Å². The molecule has 0 unspecified atom stereocenters. The number of hydrogen-bond donors (Lipinski definition) is 2. The number of esters is 1. The number of carbonyl (C=O) groups is 1. The van der Waals surface area contributed by atoms with Crippen LogP contribution in [0.3, 0.4) is 0 Å². The van der Waals surface area contributed by atoms with E-state index in [0.717, 1.165) is 11.3 Å². The van der Waals surface area contributed by atoms with Crippen molar-refractivity contribution in [2.24, 2.45) is 0 Å². The Labute approximate surface area is 154 Å². The molecule has 26 heavy (non-hydrogen) atoms. The molecule has 0 saturated carbocycles. The van der Waals surface area contributed by atoms with Crippen molar-refractivity contribution < 1.29 is 32.5 Å². The third-order valence-electron chi connectivity index (χ3n) is 3.60. The molecule has 10 heteroatoms. The summed E-state index contributed by atoms with van der Waals surface area (Å²) in [7, 11) is -3.80. The van der Waals surface area contributed by atoms with E-state index in [0.29, 0.717) is 5.56 Å². The Bertz CT molecular complexity index is 907. The number of anilines is 1. The van der Waals surface area contributed by atoms with Crippen LogP contribution in [0.1, 0.15) is 18.9 Å². The topological polar surface area (TPSA) is 111 Å². The molecule has 8 nitrogen and oxygen atoms in total. The van der Waals surface area contributed by atoms with Crippen LogP contribution in [0.4, 0.5) is 5.69 Å². The van der Waals surface area contributed by atoms with Gasteiger partial charge in [0, 0.05) is 12.0 Å². The first kappa shape index (κ1) is 18.3. The second-order valence-electron chi connectivity index (χ2n) is 5.34. The molecule has 1 aliphatic heterocycles. The Hall–Kier alpha value is -2.46. The maximum Gasteiger partial charge on any atom is 0.306 e.